The lowest BCUT2D eigenvalue weighted by Crippen LogP contribution is -2.23. The molecule has 0 unspecified atom stereocenters. The summed E-state index contributed by atoms with van der Waals surface area (Å²) in [5.41, 5.74) is 1.84. The monoisotopic (exact) mass is 347 g/mol. The van der Waals surface area contributed by atoms with Crippen molar-refractivity contribution in [2.75, 3.05) is 7.05 Å². The van der Waals surface area contributed by atoms with Crippen molar-refractivity contribution in [3.63, 3.8) is 0 Å². The average molecular weight is 347 g/mol. The van der Waals surface area contributed by atoms with Crippen molar-refractivity contribution in [1.82, 2.24) is 14.6 Å². The lowest BCUT2D eigenvalue weighted by molar-refractivity contribution is 0.0955. The van der Waals surface area contributed by atoms with E-state index < -0.39 is 10.0 Å². The van der Waals surface area contributed by atoms with Crippen molar-refractivity contribution in [3.8, 4) is 0 Å². The van der Waals surface area contributed by atoms with Gasteiger partial charge in [-0.25, -0.2) is 13.1 Å². The Hall–Kier alpha value is -2.58. The molecule has 0 fully saturated rings. The van der Waals surface area contributed by atoms with Gasteiger partial charge in [-0.2, -0.15) is 0 Å². The standard InChI is InChI=1S/C16H17N3O4S/c1-17-16(20)14-8-13(10-19(14)2)24(21,22)18-9-11-3-4-15-12(7-11)5-6-23-15/h3-8,10,18H,9H2,1-2H3,(H,17,20). The van der Waals surface area contributed by atoms with Crippen molar-refractivity contribution < 1.29 is 17.6 Å². The summed E-state index contributed by atoms with van der Waals surface area (Å²) in [6.45, 7) is 0.146. The van der Waals surface area contributed by atoms with Gasteiger partial charge in [-0.1, -0.05) is 6.07 Å². The normalized spacial score (nSPS) is 11.8. The number of hydrogen-bond donors (Lipinski definition) is 2. The first-order valence-corrected chi connectivity index (χ1v) is 8.73. The quantitative estimate of drug-likeness (QED) is 0.733. The Bertz CT molecular complexity index is 1000. The second-order valence-corrected chi connectivity index (χ2v) is 7.14. The number of rotatable bonds is 5. The molecule has 1 amide bonds. The molecule has 0 aliphatic carbocycles. The molecule has 0 spiro atoms. The molecule has 2 aromatic heterocycles. The fraction of sp³-hybridized carbons (Fsp3) is 0.188. The number of sulfonamides is 1. The van der Waals surface area contributed by atoms with Gasteiger partial charge in [0.15, 0.2) is 0 Å². The minimum absolute atomic E-state index is 0.0491. The predicted octanol–water partition coefficient (Wildman–Crippen LogP) is 1.61. The fourth-order valence-electron chi connectivity index (χ4n) is 2.42. The van der Waals surface area contributed by atoms with Crippen molar-refractivity contribution >= 4 is 26.9 Å². The lowest BCUT2D eigenvalue weighted by atomic mass is 10.2. The second-order valence-electron chi connectivity index (χ2n) is 5.37. The van der Waals surface area contributed by atoms with Gasteiger partial charge in [0.1, 0.15) is 16.2 Å². The molecule has 2 heterocycles. The average Bonchev–Trinajstić information content (AvgIpc) is 3.18. The van der Waals surface area contributed by atoms with Gasteiger partial charge in [0.05, 0.1) is 6.26 Å². The molecule has 0 saturated heterocycles. The summed E-state index contributed by atoms with van der Waals surface area (Å²) in [5.74, 6) is -0.343. The molecule has 0 aliphatic rings. The van der Waals surface area contributed by atoms with E-state index in [-0.39, 0.29) is 23.0 Å². The van der Waals surface area contributed by atoms with Gasteiger partial charge in [-0.15, -0.1) is 0 Å². The molecule has 24 heavy (non-hydrogen) atoms. The molecule has 0 bridgehead atoms. The summed E-state index contributed by atoms with van der Waals surface area (Å²) in [6.07, 6.45) is 3.00. The van der Waals surface area contributed by atoms with E-state index in [0.29, 0.717) is 0 Å². The third kappa shape index (κ3) is 3.06. The molecule has 3 rings (SSSR count). The van der Waals surface area contributed by atoms with Crippen LogP contribution in [0.2, 0.25) is 0 Å². The topological polar surface area (TPSA) is 93.3 Å². The summed E-state index contributed by atoms with van der Waals surface area (Å²) in [4.78, 5) is 11.7. The van der Waals surface area contributed by atoms with E-state index in [1.54, 1.807) is 25.4 Å². The third-order valence-corrected chi connectivity index (χ3v) is 5.10. The Morgan fingerprint density at radius 1 is 1.25 bits per heavy atom. The molecule has 3 aromatic rings. The predicted molar refractivity (Wildman–Crippen MR) is 89.0 cm³/mol. The highest BCUT2D eigenvalue weighted by atomic mass is 32.2. The molecule has 2 N–H and O–H groups in total. The Kier molecular flexibility index (Phi) is 4.16. The summed E-state index contributed by atoms with van der Waals surface area (Å²) in [5, 5.41) is 3.39. The van der Waals surface area contributed by atoms with Crippen LogP contribution in [-0.4, -0.2) is 25.9 Å². The Morgan fingerprint density at radius 3 is 2.79 bits per heavy atom. The summed E-state index contributed by atoms with van der Waals surface area (Å²) in [6, 6.07) is 8.63. The van der Waals surface area contributed by atoms with Gasteiger partial charge in [0.25, 0.3) is 5.91 Å². The number of amides is 1. The Labute approximate surface area is 139 Å². The van der Waals surface area contributed by atoms with E-state index in [1.807, 2.05) is 12.1 Å². The van der Waals surface area contributed by atoms with Crippen LogP contribution in [-0.2, 0) is 23.6 Å². The van der Waals surface area contributed by atoms with E-state index >= 15 is 0 Å². The number of aryl methyl sites for hydroxylation is 1. The maximum absolute atomic E-state index is 12.4. The Morgan fingerprint density at radius 2 is 2.04 bits per heavy atom. The van der Waals surface area contributed by atoms with Gasteiger partial charge in [-0.3, -0.25) is 4.79 Å². The van der Waals surface area contributed by atoms with Crippen LogP contribution in [0, 0.1) is 0 Å². The number of benzene rings is 1. The number of furan rings is 1. The van der Waals surface area contributed by atoms with E-state index in [2.05, 4.69) is 10.0 Å². The van der Waals surface area contributed by atoms with Crippen molar-refractivity contribution in [3.05, 3.63) is 54.0 Å². The maximum atomic E-state index is 12.4. The highest BCUT2D eigenvalue weighted by Gasteiger charge is 2.19. The first-order chi connectivity index (χ1) is 11.4. The van der Waals surface area contributed by atoms with Crippen LogP contribution in [0.15, 0.2) is 52.1 Å². The van der Waals surface area contributed by atoms with E-state index in [4.69, 9.17) is 4.42 Å². The highest BCUT2D eigenvalue weighted by molar-refractivity contribution is 7.89. The second kappa shape index (κ2) is 6.14. The largest absolute Gasteiger partial charge is 0.464 e. The molecule has 7 nitrogen and oxygen atoms in total. The summed E-state index contributed by atoms with van der Waals surface area (Å²) >= 11 is 0. The number of fused-ring (bicyclic) bond motifs is 1. The van der Waals surface area contributed by atoms with Crippen LogP contribution in [0.5, 0.6) is 0 Å². The zero-order valence-electron chi connectivity index (χ0n) is 13.2. The zero-order chi connectivity index (χ0) is 17.3. The number of carbonyl (C=O) groups is 1. The molecule has 0 aliphatic heterocycles. The highest BCUT2D eigenvalue weighted by Crippen LogP contribution is 2.18. The van der Waals surface area contributed by atoms with E-state index in [1.165, 1.54) is 23.9 Å². The summed E-state index contributed by atoms with van der Waals surface area (Å²) in [7, 11) is -0.601. The Balaban J connectivity index is 1.79. The van der Waals surface area contributed by atoms with E-state index in [9.17, 15) is 13.2 Å². The molecule has 0 saturated carbocycles. The van der Waals surface area contributed by atoms with Crippen LogP contribution in [0.4, 0.5) is 0 Å². The van der Waals surface area contributed by atoms with Gasteiger partial charge in [0, 0.05) is 32.2 Å². The van der Waals surface area contributed by atoms with Gasteiger partial charge in [0.2, 0.25) is 10.0 Å². The van der Waals surface area contributed by atoms with Crippen LogP contribution < -0.4 is 10.0 Å². The van der Waals surface area contributed by atoms with Gasteiger partial charge in [-0.05, 0) is 29.8 Å². The van der Waals surface area contributed by atoms with Crippen LogP contribution in [0.3, 0.4) is 0 Å². The number of nitrogens with one attached hydrogen (secondary N) is 2. The minimum Gasteiger partial charge on any atom is -0.464 e. The lowest BCUT2D eigenvalue weighted by Gasteiger charge is -2.05. The first-order valence-electron chi connectivity index (χ1n) is 7.25. The SMILES string of the molecule is CNC(=O)c1cc(S(=O)(=O)NCc2ccc3occc3c2)cn1C. The molecule has 0 atom stereocenters. The molecule has 8 heteroatoms. The fourth-order valence-corrected chi connectivity index (χ4v) is 3.51. The first kappa shape index (κ1) is 16.3. The zero-order valence-corrected chi connectivity index (χ0v) is 14.1. The number of aromatic nitrogens is 1. The van der Waals surface area contributed by atoms with Crippen LogP contribution >= 0.6 is 0 Å². The molecular weight excluding hydrogens is 330 g/mol. The van der Waals surface area contributed by atoms with Crippen molar-refractivity contribution in [2.45, 2.75) is 11.4 Å². The number of nitrogens with zero attached hydrogens (tertiary/aromatic N) is 1. The maximum Gasteiger partial charge on any atom is 0.267 e. The van der Waals surface area contributed by atoms with E-state index in [0.717, 1.165) is 16.5 Å². The molecule has 0 radical (unpaired) electrons. The molecule has 126 valence electrons. The number of carbonyl (C=O) groups excluding carboxylic acids is 1. The van der Waals surface area contributed by atoms with Gasteiger partial charge >= 0.3 is 0 Å². The minimum atomic E-state index is -3.72. The molecule has 1 aromatic carbocycles. The number of hydrogen-bond acceptors (Lipinski definition) is 4. The summed E-state index contributed by atoms with van der Waals surface area (Å²) < 4.78 is 34.1. The third-order valence-electron chi connectivity index (χ3n) is 3.73. The van der Waals surface area contributed by atoms with Crippen molar-refractivity contribution in [2.24, 2.45) is 7.05 Å². The van der Waals surface area contributed by atoms with Gasteiger partial charge < -0.3 is 14.3 Å². The smallest absolute Gasteiger partial charge is 0.267 e. The van der Waals surface area contributed by atoms with Crippen molar-refractivity contribution in [1.29, 1.82) is 0 Å². The van der Waals surface area contributed by atoms with Crippen LogP contribution in [0.25, 0.3) is 11.0 Å². The van der Waals surface area contributed by atoms with Crippen LogP contribution in [0.1, 0.15) is 16.1 Å². The molecular formula is C16H17N3O4S.